The molecule has 13 heavy (non-hydrogen) atoms. The summed E-state index contributed by atoms with van der Waals surface area (Å²) in [6.07, 6.45) is -2.70. The van der Waals surface area contributed by atoms with E-state index in [1.807, 2.05) is 0 Å². The number of aliphatic hydroxyl groups excluding tert-OH is 2. The van der Waals surface area contributed by atoms with E-state index in [1.165, 1.54) is 6.92 Å². The highest BCUT2D eigenvalue weighted by atomic mass is 16.4. The van der Waals surface area contributed by atoms with Gasteiger partial charge in [-0.05, 0) is 20.8 Å². The Morgan fingerprint density at radius 3 is 1.85 bits per heavy atom. The summed E-state index contributed by atoms with van der Waals surface area (Å²) < 4.78 is 0. The fraction of sp³-hybridized carbons (Fsp3) is 0.875. The minimum Gasteiger partial charge on any atom is -0.391 e. The molecule has 4 atom stereocenters. The summed E-state index contributed by atoms with van der Waals surface area (Å²) in [5.74, 6) is 0. The first-order valence-corrected chi connectivity index (χ1v) is 3.94. The van der Waals surface area contributed by atoms with Crippen LogP contribution in [0.4, 0.5) is 0 Å². The Labute approximate surface area is 76.6 Å². The van der Waals surface area contributed by atoms with Crippen LogP contribution < -0.4 is 0 Å². The molecule has 0 amide bonds. The van der Waals surface area contributed by atoms with Crippen LogP contribution in [0.2, 0.25) is 0 Å². The maximum atomic E-state index is 10.4. The molecule has 0 aliphatic rings. The lowest BCUT2D eigenvalue weighted by molar-refractivity contribution is -0.198. The third-order valence-electron chi connectivity index (χ3n) is 2.29. The van der Waals surface area contributed by atoms with Crippen molar-refractivity contribution < 1.29 is 25.2 Å². The Hall–Kier alpha value is -0.490. The van der Waals surface area contributed by atoms with Crippen molar-refractivity contribution in [2.45, 2.75) is 44.2 Å². The number of hydrogen-bond donors (Lipinski definition) is 4. The first-order chi connectivity index (χ1) is 5.66. The van der Waals surface area contributed by atoms with E-state index >= 15 is 0 Å². The number of aliphatic hydroxyl groups is 4. The largest absolute Gasteiger partial charge is 0.391 e. The topological polar surface area (TPSA) is 98.0 Å². The van der Waals surface area contributed by atoms with Gasteiger partial charge in [0.15, 0.2) is 6.29 Å². The Morgan fingerprint density at radius 1 is 1.23 bits per heavy atom. The Balaban J connectivity index is 4.84. The van der Waals surface area contributed by atoms with Crippen molar-refractivity contribution in [1.29, 1.82) is 0 Å². The van der Waals surface area contributed by atoms with Crippen LogP contribution in [-0.4, -0.2) is 50.1 Å². The molecule has 4 N–H and O–H groups in total. The van der Waals surface area contributed by atoms with Crippen LogP contribution in [-0.2, 0) is 4.79 Å². The third kappa shape index (κ3) is 2.25. The van der Waals surface area contributed by atoms with Crippen LogP contribution in [0, 0.1) is 0 Å². The molecule has 0 saturated carbocycles. The van der Waals surface area contributed by atoms with E-state index in [2.05, 4.69) is 0 Å². The molecule has 0 aromatic carbocycles. The van der Waals surface area contributed by atoms with Crippen LogP contribution in [0.25, 0.3) is 0 Å². The van der Waals surface area contributed by atoms with E-state index in [-0.39, 0.29) is 6.29 Å². The van der Waals surface area contributed by atoms with E-state index in [4.69, 9.17) is 5.11 Å². The molecule has 0 aliphatic carbocycles. The fourth-order valence-corrected chi connectivity index (χ4v) is 0.888. The summed E-state index contributed by atoms with van der Waals surface area (Å²) in [4.78, 5) is 10.4. The van der Waals surface area contributed by atoms with Crippen molar-refractivity contribution in [2.75, 3.05) is 0 Å². The second kappa shape index (κ2) is 3.71. The van der Waals surface area contributed by atoms with Gasteiger partial charge < -0.3 is 25.2 Å². The standard InChI is InChI=1S/C8H16O5/c1-5(10)6(11)8(3,13)7(2,12)4-9/h4-6,10-13H,1-3H3/t5-,6-,7+,8-/m1/s1. The number of aldehydes is 1. The van der Waals surface area contributed by atoms with Gasteiger partial charge in [0, 0.05) is 0 Å². The van der Waals surface area contributed by atoms with Gasteiger partial charge in [0.05, 0.1) is 6.10 Å². The zero-order chi connectivity index (χ0) is 10.9. The van der Waals surface area contributed by atoms with E-state index in [0.717, 1.165) is 13.8 Å². The predicted molar refractivity (Wildman–Crippen MR) is 45.0 cm³/mol. The highest BCUT2D eigenvalue weighted by Gasteiger charge is 2.48. The molecule has 0 aromatic heterocycles. The van der Waals surface area contributed by atoms with Gasteiger partial charge in [-0.25, -0.2) is 0 Å². The smallest absolute Gasteiger partial charge is 0.154 e. The maximum Gasteiger partial charge on any atom is 0.154 e. The molecule has 0 bridgehead atoms. The van der Waals surface area contributed by atoms with E-state index in [1.54, 1.807) is 0 Å². The van der Waals surface area contributed by atoms with Crippen molar-refractivity contribution in [3.05, 3.63) is 0 Å². The van der Waals surface area contributed by atoms with Crippen molar-refractivity contribution in [3.8, 4) is 0 Å². The molecule has 5 heteroatoms. The van der Waals surface area contributed by atoms with Crippen LogP contribution in [0.3, 0.4) is 0 Å². The van der Waals surface area contributed by atoms with Crippen LogP contribution in [0.1, 0.15) is 20.8 Å². The zero-order valence-electron chi connectivity index (χ0n) is 7.93. The SMILES string of the molecule is C[C@@H](O)[C@@H](O)[C@@](C)(O)[C@@](C)(O)C=O. The van der Waals surface area contributed by atoms with Crippen molar-refractivity contribution >= 4 is 6.29 Å². The minimum absolute atomic E-state index is 0.124. The highest BCUT2D eigenvalue weighted by molar-refractivity contribution is 5.64. The molecule has 78 valence electrons. The summed E-state index contributed by atoms with van der Waals surface area (Å²) in [5, 5.41) is 37.3. The normalized spacial score (nSPS) is 25.5. The number of hydrogen-bond acceptors (Lipinski definition) is 5. The summed E-state index contributed by atoms with van der Waals surface area (Å²) in [7, 11) is 0. The lowest BCUT2D eigenvalue weighted by Gasteiger charge is -2.39. The van der Waals surface area contributed by atoms with Gasteiger partial charge in [-0.3, -0.25) is 0 Å². The molecule has 0 spiro atoms. The molecule has 0 aliphatic heterocycles. The molecule has 0 saturated heterocycles. The average Bonchev–Trinajstić information content (AvgIpc) is 2.02. The van der Waals surface area contributed by atoms with Gasteiger partial charge in [0.1, 0.15) is 17.3 Å². The van der Waals surface area contributed by atoms with Crippen molar-refractivity contribution in [1.82, 2.24) is 0 Å². The molecule has 0 fully saturated rings. The highest BCUT2D eigenvalue weighted by Crippen LogP contribution is 2.25. The first-order valence-electron chi connectivity index (χ1n) is 3.94. The van der Waals surface area contributed by atoms with Crippen molar-refractivity contribution in [2.24, 2.45) is 0 Å². The minimum atomic E-state index is -2.09. The van der Waals surface area contributed by atoms with Gasteiger partial charge in [-0.2, -0.15) is 0 Å². The summed E-state index contributed by atoms with van der Waals surface area (Å²) in [6.45, 7) is 3.39. The van der Waals surface area contributed by atoms with Gasteiger partial charge in [-0.1, -0.05) is 0 Å². The van der Waals surface area contributed by atoms with Crippen LogP contribution in [0.5, 0.6) is 0 Å². The molecule has 0 aromatic rings. The predicted octanol–water partition coefficient (Wildman–Crippen LogP) is -1.57. The van der Waals surface area contributed by atoms with Gasteiger partial charge >= 0.3 is 0 Å². The second-order valence-electron chi connectivity index (χ2n) is 3.60. The summed E-state index contributed by atoms with van der Waals surface area (Å²) >= 11 is 0. The molecule has 0 heterocycles. The summed E-state index contributed by atoms with van der Waals surface area (Å²) in [6, 6.07) is 0. The number of carbonyl (C=O) groups excluding carboxylic acids is 1. The third-order valence-corrected chi connectivity index (χ3v) is 2.29. The van der Waals surface area contributed by atoms with Gasteiger partial charge in [0.25, 0.3) is 0 Å². The van der Waals surface area contributed by atoms with Crippen LogP contribution in [0.15, 0.2) is 0 Å². The monoisotopic (exact) mass is 192 g/mol. The Morgan fingerprint density at radius 2 is 1.62 bits per heavy atom. The second-order valence-corrected chi connectivity index (χ2v) is 3.60. The molecule has 0 unspecified atom stereocenters. The average molecular weight is 192 g/mol. The molecular formula is C8H16O5. The number of carbonyl (C=O) groups is 1. The molecular weight excluding hydrogens is 176 g/mol. The van der Waals surface area contributed by atoms with Gasteiger partial charge in [-0.15, -0.1) is 0 Å². The fourth-order valence-electron chi connectivity index (χ4n) is 0.888. The molecule has 0 rings (SSSR count). The van der Waals surface area contributed by atoms with E-state index < -0.39 is 23.4 Å². The maximum absolute atomic E-state index is 10.4. The van der Waals surface area contributed by atoms with Crippen LogP contribution >= 0.6 is 0 Å². The number of rotatable bonds is 4. The lowest BCUT2D eigenvalue weighted by Crippen LogP contribution is -2.61. The van der Waals surface area contributed by atoms with Gasteiger partial charge in [0.2, 0.25) is 0 Å². The van der Waals surface area contributed by atoms with E-state index in [0.29, 0.717) is 0 Å². The van der Waals surface area contributed by atoms with Crippen molar-refractivity contribution in [3.63, 3.8) is 0 Å². The molecule has 5 nitrogen and oxygen atoms in total. The summed E-state index contributed by atoms with van der Waals surface area (Å²) in [5.41, 5.74) is -4.17. The Bertz CT molecular complexity index is 185. The zero-order valence-corrected chi connectivity index (χ0v) is 7.93. The lowest BCUT2D eigenvalue weighted by atomic mass is 9.80. The Kier molecular flexibility index (Phi) is 3.57. The first kappa shape index (κ1) is 12.5. The molecule has 0 radical (unpaired) electrons. The quantitative estimate of drug-likeness (QED) is 0.403. The van der Waals surface area contributed by atoms with E-state index in [9.17, 15) is 20.1 Å².